The molecule has 3 rings (SSSR count). The molecule has 1 amide bonds. The molecule has 124 valence electrons. The van der Waals surface area contributed by atoms with Gasteiger partial charge in [0.2, 0.25) is 5.91 Å². The van der Waals surface area contributed by atoms with Gasteiger partial charge in [0.15, 0.2) is 0 Å². The van der Waals surface area contributed by atoms with Gasteiger partial charge in [0, 0.05) is 17.7 Å². The molecule has 0 spiro atoms. The van der Waals surface area contributed by atoms with Crippen LogP contribution in [-0.4, -0.2) is 18.2 Å². The zero-order valence-corrected chi connectivity index (χ0v) is 14.6. The number of rotatable bonds is 4. The molecule has 1 N–H and O–H groups in total. The Morgan fingerprint density at radius 1 is 1.21 bits per heavy atom. The van der Waals surface area contributed by atoms with E-state index in [1.807, 2.05) is 37.3 Å². The SMILES string of the molecule is Cc1ccc(NC(=O)CC2CON=C2c2ccc(Cl)c(Cl)c2)cc1. The summed E-state index contributed by atoms with van der Waals surface area (Å²) in [7, 11) is 0. The lowest BCUT2D eigenvalue weighted by molar-refractivity contribution is -0.116. The second-order valence-corrected chi connectivity index (χ2v) is 6.53. The molecule has 1 aliphatic heterocycles. The van der Waals surface area contributed by atoms with E-state index in [-0.39, 0.29) is 18.2 Å². The average Bonchev–Trinajstić information content (AvgIpc) is 3.00. The number of halogens is 2. The molecule has 0 aliphatic carbocycles. The number of carbonyl (C=O) groups is 1. The molecule has 0 saturated carbocycles. The van der Waals surface area contributed by atoms with Crippen LogP contribution in [0.15, 0.2) is 47.6 Å². The maximum atomic E-state index is 12.3. The Balaban J connectivity index is 1.68. The standard InChI is InChI=1S/C18H16Cl2N2O2/c1-11-2-5-14(6-3-11)21-17(23)9-13-10-24-22-18(13)12-4-7-15(19)16(20)8-12/h2-8,13H,9-10H2,1H3,(H,21,23). The number of carbonyl (C=O) groups excluding carboxylic acids is 1. The summed E-state index contributed by atoms with van der Waals surface area (Å²) in [6.07, 6.45) is 0.285. The molecular weight excluding hydrogens is 347 g/mol. The molecule has 4 nitrogen and oxygen atoms in total. The summed E-state index contributed by atoms with van der Waals surface area (Å²) in [4.78, 5) is 17.5. The van der Waals surface area contributed by atoms with Crippen molar-refractivity contribution in [3.63, 3.8) is 0 Å². The fourth-order valence-corrected chi connectivity index (χ4v) is 2.82. The summed E-state index contributed by atoms with van der Waals surface area (Å²) in [6.45, 7) is 2.37. The highest BCUT2D eigenvalue weighted by Crippen LogP contribution is 2.27. The molecule has 2 aromatic rings. The molecule has 1 unspecified atom stereocenters. The van der Waals surface area contributed by atoms with Gasteiger partial charge in [-0.2, -0.15) is 0 Å². The van der Waals surface area contributed by atoms with Crippen molar-refractivity contribution in [1.29, 1.82) is 0 Å². The van der Waals surface area contributed by atoms with Crippen LogP contribution in [0.4, 0.5) is 5.69 Å². The summed E-state index contributed by atoms with van der Waals surface area (Å²) in [5, 5.41) is 7.89. The Hall–Kier alpha value is -2.04. The van der Waals surface area contributed by atoms with Crippen LogP contribution >= 0.6 is 23.2 Å². The molecule has 6 heteroatoms. The van der Waals surface area contributed by atoms with Gasteiger partial charge in [-0.3, -0.25) is 4.79 Å². The number of oxime groups is 1. The fourth-order valence-electron chi connectivity index (χ4n) is 2.52. The van der Waals surface area contributed by atoms with Crippen molar-refractivity contribution < 1.29 is 9.63 Å². The van der Waals surface area contributed by atoms with Crippen molar-refractivity contribution in [1.82, 2.24) is 0 Å². The van der Waals surface area contributed by atoms with Gasteiger partial charge in [-0.05, 0) is 31.2 Å². The van der Waals surface area contributed by atoms with Gasteiger partial charge < -0.3 is 10.2 Å². The van der Waals surface area contributed by atoms with Gasteiger partial charge in [-0.15, -0.1) is 0 Å². The molecule has 0 bridgehead atoms. The topological polar surface area (TPSA) is 50.7 Å². The highest BCUT2D eigenvalue weighted by atomic mass is 35.5. The second kappa shape index (κ2) is 7.24. The monoisotopic (exact) mass is 362 g/mol. The Labute approximate surface area is 150 Å². The van der Waals surface area contributed by atoms with Crippen LogP contribution in [0.1, 0.15) is 17.5 Å². The lowest BCUT2D eigenvalue weighted by Gasteiger charge is -2.12. The van der Waals surface area contributed by atoms with E-state index in [4.69, 9.17) is 28.0 Å². The van der Waals surface area contributed by atoms with E-state index in [9.17, 15) is 4.79 Å². The van der Waals surface area contributed by atoms with Crippen molar-refractivity contribution in [2.45, 2.75) is 13.3 Å². The molecule has 0 aromatic heterocycles. The van der Waals surface area contributed by atoms with E-state index in [2.05, 4.69) is 10.5 Å². The number of hydrogen-bond acceptors (Lipinski definition) is 3. The summed E-state index contributed by atoms with van der Waals surface area (Å²) < 4.78 is 0. The molecule has 24 heavy (non-hydrogen) atoms. The zero-order valence-electron chi connectivity index (χ0n) is 13.1. The van der Waals surface area contributed by atoms with Crippen molar-refractivity contribution in [2.24, 2.45) is 11.1 Å². The summed E-state index contributed by atoms with van der Waals surface area (Å²) in [5.74, 6) is -0.199. The normalized spacial score (nSPS) is 16.5. The molecule has 0 fully saturated rings. The highest BCUT2D eigenvalue weighted by molar-refractivity contribution is 6.42. The van der Waals surface area contributed by atoms with Crippen LogP contribution in [0.5, 0.6) is 0 Å². The third-order valence-electron chi connectivity index (χ3n) is 3.81. The van der Waals surface area contributed by atoms with Crippen molar-refractivity contribution in [3.05, 3.63) is 63.6 Å². The first kappa shape index (κ1) is 16.8. The summed E-state index contributed by atoms with van der Waals surface area (Å²) in [6, 6.07) is 12.9. The number of hydrogen-bond donors (Lipinski definition) is 1. The molecule has 1 aliphatic rings. The van der Waals surface area contributed by atoms with Crippen LogP contribution in [-0.2, 0) is 9.63 Å². The van der Waals surface area contributed by atoms with E-state index in [1.165, 1.54) is 0 Å². The molecule has 0 saturated heterocycles. The predicted octanol–water partition coefficient (Wildman–Crippen LogP) is 4.68. The minimum Gasteiger partial charge on any atom is -0.395 e. The maximum Gasteiger partial charge on any atom is 0.225 e. The van der Waals surface area contributed by atoms with Crippen LogP contribution in [0, 0.1) is 12.8 Å². The number of nitrogens with zero attached hydrogens (tertiary/aromatic N) is 1. The fraction of sp³-hybridized carbons (Fsp3) is 0.222. The number of anilines is 1. The first-order valence-electron chi connectivity index (χ1n) is 7.55. The molecular formula is C18H16Cl2N2O2. The first-order valence-corrected chi connectivity index (χ1v) is 8.30. The lowest BCUT2D eigenvalue weighted by atomic mass is 9.94. The highest BCUT2D eigenvalue weighted by Gasteiger charge is 2.27. The minimum atomic E-state index is -0.118. The maximum absolute atomic E-state index is 12.3. The summed E-state index contributed by atoms with van der Waals surface area (Å²) >= 11 is 12.0. The largest absolute Gasteiger partial charge is 0.395 e. The van der Waals surface area contributed by atoms with Gasteiger partial charge in [0.05, 0.1) is 21.7 Å². The quantitative estimate of drug-likeness (QED) is 0.858. The van der Waals surface area contributed by atoms with E-state index in [0.717, 1.165) is 16.8 Å². The van der Waals surface area contributed by atoms with Crippen LogP contribution in [0.25, 0.3) is 0 Å². The number of aryl methyl sites for hydroxylation is 1. The molecule has 1 heterocycles. The van der Waals surface area contributed by atoms with Gasteiger partial charge in [0.25, 0.3) is 0 Å². The number of amides is 1. The zero-order chi connectivity index (χ0) is 17.1. The minimum absolute atomic E-state index is 0.0814. The smallest absolute Gasteiger partial charge is 0.225 e. The van der Waals surface area contributed by atoms with E-state index < -0.39 is 0 Å². The van der Waals surface area contributed by atoms with Crippen molar-refractivity contribution >= 4 is 40.5 Å². The molecule has 1 atom stereocenters. The summed E-state index contributed by atoms with van der Waals surface area (Å²) in [5.41, 5.74) is 3.45. The van der Waals surface area contributed by atoms with Crippen LogP contribution in [0.3, 0.4) is 0 Å². The second-order valence-electron chi connectivity index (χ2n) is 5.72. The lowest BCUT2D eigenvalue weighted by Crippen LogP contribution is -2.22. The average molecular weight is 363 g/mol. The number of nitrogens with one attached hydrogen (secondary N) is 1. The van der Waals surface area contributed by atoms with Crippen LogP contribution < -0.4 is 5.32 Å². The first-order chi connectivity index (χ1) is 11.5. The number of benzene rings is 2. The molecule has 0 radical (unpaired) electrons. The van der Waals surface area contributed by atoms with Crippen molar-refractivity contribution in [2.75, 3.05) is 11.9 Å². The van der Waals surface area contributed by atoms with Gasteiger partial charge in [-0.25, -0.2) is 0 Å². The Bertz CT molecular complexity index is 788. The van der Waals surface area contributed by atoms with E-state index in [0.29, 0.717) is 22.4 Å². The third-order valence-corrected chi connectivity index (χ3v) is 4.55. The van der Waals surface area contributed by atoms with Crippen molar-refractivity contribution in [3.8, 4) is 0 Å². The van der Waals surface area contributed by atoms with Gasteiger partial charge in [-0.1, -0.05) is 52.1 Å². The Morgan fingerprint density at radius 3 is 2.67 bits per heavy atom. The Morgan fingerprint density at radius 2 is 1.96 bits per heavy atom. The van der Waals surface area contributed by atoms with Gasteiger partial charge in [0.1, 0.15) is 6.61 Å². The van der Waals surface area contributed by atoms with Gasteiger partial charge >= 0.3 is 0 Å². The predicted molar refractivity (Wildman–Crippen MR) is 96.9 cm³/mol. The molecule has 2 aromatic carbocycles. The van der Waals surface area contributed by atoms with E-state index >= 15 is 0 Å². The van der Waals surface area contributed by atoms with Crippen LogP contribution in [0.2, 0.25) is 10.0 Å². The Kier molecular flexibility index (Phi) is 5.07. The third kappa shape index (κ3) is 3.89. The van der Waals surface area contributed by atoms with E-state index in [1.54, 1.807) is 12.1 Å².